The maximum Gasteiger partial charge on any atom is 0.247 e. The Hall–Kier alpha value is -2.16. The summed E-state index contributed by atoms with van der Waals surface area (Å²) in [6.07, 6.45) is -0.467. The van der Waals surface area contributed by atoms with Gasteiger partial charge in [0.1, 0.15) is 23.4 Å². The van der Waals surface area contributed by atoms with E-state index in [1.165, 1.54) is 10.4 Å². The van der Waals surface area contributed by atoms with Gasteiger partial charge in [-0.05, 0) is 39.2 Å². The number of aliphatic hydroxyl groups excluding tert-OH is 1. The lowest BCUT2D eigenvalue weighted by atomic mass is 10.0. The summed E-state index contributed by atoms with van der Waals surface area (Å²) in [6, 6.07) is 4.09. The second-order valence-electron chi connectivity index (χ2n) is 8.65. The Bertz CT molecular complexity index is 986. The topological polar surface area (TPSA) is 99.6 Å². The number of carbonyl (C=O) groups excluding carboxylic acids is 1. The molecule has 1 aliphatic heterocycles. The lowest BCUT2D eigenvalue weighted by molar-refractivity contribution is -0.132. The van der Waals surface area contributed by atoms with Crippen LogP contribution < -0.4 is 4.74 Å². The Labute approximate surface area is 197 Å². The number of nitrogens with zero attached hydrogens (tertiary/aromatic N) is 3. The third-order valence-corrected chi connectivity index (χ3v) is 7.47. The van der Waals surface area contributed by atoms with Crippen LogP contribution in [-0.2, 0) is 19.6 Å². The van der Waals surface area contributed by atoms with E-state index in [9.17, 15) is 18.3 Å². The maximum atomic E-state index is 13.5. The number of hydrogen-bond donors (Lipinski definition) is 1. The molecule has 0 fully saturated rings. The predicted octanol–water partition coefficient (Wildman–Crippen LogP) is 0.473. The smallest absolute Gasteiger partial charge is 0.247 e. The quantitative estimate of drug-likeness (QED) is 0.565. The molecular weight excluding hydrogens is 446 g/mol. The van der Waals surface area contributed by atoms with Crippen LogP contribution >= 0.6 is 0 Å². The summed E-state index contributed by atoms with van der Waals surface area (Å²) in [5.41, 5.74) is 0.590. The highest BCUT2D eigenvalue weighted by molar-refractivity contribution is 7.89. The lowest BCUT2D eigenvalue weighted by Gasteiger charge is -2.37. The zero-order chi connectivity index (χ0) is 24.8. The lowest BCUT2D eigenvalue weighted by Crippen LogP contribution is -2.50. The zero-order valence-electron chi connectivity index (χ0n) is 20.2. The van der Waals surface area contributed by atoms with Crippen molar-refractivity contribution in [3.63, 3.8) is 0 Å². The Morgan fingerprint density at radius 1 is 1.36 bits per heavy atom. The number of aliphatic hydroxyl groups is 1. The summed E-state index contributed by atoms with van der Waals surface area (Å²) in [5.74, 6) is 5.65. The van der Waals surface area contributed by atoms with Gasteiger partial charge in [-0.15, -0.1) is 0 Å². The monoisotopic (exact) mass is 481 g/mol. The molecule has 1 heterocycles. The van der Waals surface area contributed by atoms with Crippen LogP contribution in [0.5, 0.6) is 5.75 Å². The Balaban J connectivity index is 2.50. The van der Waals surface area contributed by atoms with Crippen molar-refractivity contribution in [1.29, 1.82) is 0 Å². The molecule has 0 aliphatic carbocycles. The van der Waals surface area contributed by atoms with Crippen molar-refractivity contribution in [3.05, 3.63) is 23.8 Å². The van der Waals surface area contributed by atoms with E-state index in [0.717, 1.165) is 0 Å². The van der Waals surface area contributed by atoms with Gasteiger partial charge in [-0.2, -0.15) is 4.31 Å². The molecule has 1 aromatic rings. The fourth-order valence-electron chi connectivity index (χ4n) is 3.49. The summed E-state index contributed by atoms with van der Waals surface area (Å²) in [5, 5.41) is 9.72. The fraction of sp³-hybridized carbons (Fsp3) is 0.609. The fourth-order valence-corrected chi connectivity index (χ4v) is 5.32. The van der Waals surface area contributed by atoms with E-state index in [-0.39, 0.29) is 55.3 Å². The third-order valence-electron chi connectivity index (χ3n) is 5.45. The highest BCUT2D eigenvalue weighted by Gasteiger charge is 2.38. The second kappa shape index (κ2) is 11.8. The SMILES string of the molecule is COCC#Cc1ccc2c(c1)O[C@H](CN(C)C(=O)CN(C)C)[C@H](C)CN([C@@H](C)CO)S2(=O)=O. The average molecular weight is 482 g/mol. The number of carbonyl (C=O) groups is 1. The molecule has 3 atom stereocenters. The standard InChI is InChI=1S/C23H35N3O6S/c1-17-13-26(18(2)16-27)33(29,30)22-10-9-19(8-7-11-31-6)12-20(22)32-21(17)14-25(5)23(28)15-24(3)4/h9-10,12,17-18,21,27H,11,13-16H2,1-6H3/t17-,18+,21-/m1/s1. The summed E-state index contributed by atoms with van der Waals surface area (Å²) in [4.78, 5) is 15.9. The first-order valence-electron chi connectivity index (χ1n) is 10.8. The van der Waals surface area contributed by atoms with E-state index < -0.39 is 22.2 Å². The highest BCUT2D eigenvalue weighted by atomic mass is 32.2. The first-order chi connectivity index (χ1) is 15.5. The number of ether oxygens (including phenoxy) is 2. The van der Waals surface area contributed by atoms with E-state index in [1.54, 1.807) is 43.0 Å². The van der Waals surface area contributed by atoms with Crippen LogP contribution in [0, 0.1) is 17.8 Å². The van der Waals surface area contributed by atoms with E-state index in [1.807, 2.05) is 21.0 Å². The van der Waals surface area contributed by atoms with Gasteiger partial charge >= 0.3 is 0 Å². The molecule has 9 nitrogen and oxygen atoms in total. The molecule has 0 bridgehead atoms. The molecule has 1 N–H and O–H groups in total. The molecule has 1 aliphatic rings. The molecule has 0 aromatic heterocycles. The molecule has 0 saturated heterocycles. The van der Waals surface area contributed by atoms with Crippen molar-refractivity contribution >= 4 is 15.9 Å². The van der Waals surface area contributed by atoms with E-state index >= 15 is 0 Å². The first kappa shape index (κ1) is 27.1. The number of hydrogen-bond acceptors (Lipinski definition) is 7. The van der Waals surface area contributed by atoms with Crippen LogP contribution in [-0.4, -0.2) is 107 Å². The largest absolute Gasteiger partial charge is 0.487 e. The minimum atomic E-state index is -3.92. The summed E-state index contributed by atoms with van der Waals surface area (Å²) in [7, 11) is 2.97. The minimum Gasteiger partial charge on any atom is -0.487 e. The van der Waals surface area contributed by atoms with Crippen molar-refractivity contribution in [1.82, 2.24) is 14.1 Å². The summed E-state index contributed by atoms with van der Waals surface area (Å²) < 4.78 is 39.4. The maximum absolute atomic E-state index is 13.5. The predicted molar refractivity (Wildman–Crippen MR) is 125 cm³/mol. The highest BCUT2D eigenvalue weighted by Crippen LogP contribution is 2.34. The van der Waals surface area contributed by atoms with Gasteiger partial charge in [0.2, 0.25) is 15.9 Å². The number of amides is 1. The second-order valence-corrected chi connectivity index (χ2v) is 10.5. The molecule has 1 aromatic carbocycles. The third kappa shape index (κ3) is 6.91. The molecule has 10 heteroatoms. The molecule has 0 unspecified atom stereocenters. The Morgan fingerprint density at radius 3 is 2.67 bits per heavy atom. The van der Waals surface area contributed by atoms with E-state index in [2.05, 4.69) is 11.8 Å². The van der Waals surface area contributed by atoms with Gasteiger partial charge in [0.15, 0.2) is 0 Å². The molecule has 2 rings (SSSR count). The summed E-state index contributed by atoms with van der Waals surface area (Å²) in [6.45, 7) is 4.18. The Morgan fingerprint density at radius 2 is 2.06 bits per heavy atom. The van der Waals surface area contributed by atoms with Gasteiger partial charge in [0.05, 0.1) is 19.7 Å². The van der Waals surface area contributed by atoms with Crippen LogP contribution in [0.3, 0.4) is 0 Å². The van der Waals surface area contributed by atoms with Gasteiger partial charge in [-0.1, -0.05) is 18.8 Å². The van der Waals surface area contributed by atoms with Gasteiger partial charge in [-0.25, -0.2) is 8.42 Å². The Kier molecular flexibility index (Phi) is 9.70. The van der Waals surface area contributed by atoms with Crippen LogP contribution in [0.2, 0.25) is 0 Å². The van der Waals surface area contributed by atoms with Crippen molar-refractivity contribution in [2.75, 3.05) is 61.1 Å². The molecule has 184 valence electrons. The van der Waals surface area contributed by atoms with Gasteiger partial charge in [0.25, 0.3) is 0 Å². The minimum absolute atomic E-state index is 0.0132. The van der Waals surface area contributed by atoms with Crippen molar-refractivity contribution in [2.45, 2.75) is 30.9 Å². The van der Waals surface area contributed by atoms with Crippen LogP contribution in [0.15, 0.2) is 23.1 Å². The van der Waals surface area contributed by atoms with Crippen LogP contribution in [0.4, 0.5) is 0 Å². The van der Waals surface area contributed by atoms with Gasteiger partial charge in [-0.3, -0.25) is 4.79 Å². The number of benzene rings is 1. The van der Waals surface area contributed by atoms with Crippen molar-refractivity contribution in [2.24, 2.45) is 5.92 Å². The molecule has 0 radical (unpaired) electrons. The van der Waals surface area contributed by atoms with E-state index in [0.29, 0.717) is 5.56 Å². The van der Waals surface area contributed by atoms with Gasteiger partial charge in [0, 0.05) is 38.2 Å². The molecule has 33 heavy (non-hydrogen) atoms. The first-order valence-corrected chi connectivity index (χ1v) is 12.2. The zero-order valence-corrected chi connectivity index (χ0v) is 21.1. The van der Waals surface area contributed by atoms with Crippen molar-refractivity contribution in [3.8, 4) is 17.6 Å². The number of rotatable bonds is 7. The number of methoxy groups -OCH3 is 1. The van der Waals surface area contributed by atoms with Gasteiger partial charge < -0.3 is 24.4 Å². The number of sulfonamides is 1. The molecule has 1 amide bonds. The number of likely N-dealkylation sites (N-methyl/N-ethyl adjacent to an activating group) is 2. The number of fused-ring (bicyclic) bond motifs is 1. The normalized spacial score (nSPS) is 21.1. The average Bonchev–Trinajstić information content (AvgIpc) is 2.75. The van der Waals surface area contributed by atoms with Crippen LogP contribution in [0.25, 0.3) is 0 Å². The van der Waals surface area contributed by atoms with Crippen LogP contribution in [0.1, 0.15) is 19.4 Å². The van der Waals surface area contributed by atoms with E-state index in [4.69, 9.17) is 9.47 Å². The molecular formula is C23H35N3O6S. The molecule has 0 spiro atoms. The molecule has 0 saturated carbocycles. The summed E-state index contributed by atoms with van der Waals surface area (Å²) >= 11 is 0. The van der Waals surface area contributed by atoms with Crippen molar-refractivity contribution < 1.29 is 27.8 Å².